The summed E-state index contributed by atoms with van der Waals surface area (Å²) in [6, 6.07) is 13.4. The molecule has 0 aliphatic heterocycles. The van der Waals surface area contributed by atoms with Crippen molar-refractivity contribution in [3.63, 3.8) is 0 Å². The topological polar surface area (TPSA) is 43.1 Å². The number of hydrogen-bond acceptors (Lipinski definition) is 1. The van der Waals surface area contributed by atoms with Gasteiger partial charge in [0.25, 0.3) is 0 Å². The molecule has 0 aliphatic carbocycles. The fraction of sp³-hybridized carbons (Fsp3) is 0.188. The summed E-state index contributed by atoms with van der Waals surface area (Å²) in [6.45, 7) is 0. The maximum absolute atomic E-state index is 12.5. The number of nitrogens with two attached hydrogens (primary N) is 1. The van der Waals surface area contributed by atoms with E-state index in [4.69, 9.17) is 63.7 Å². The van der Waals surface area contributed by atoms with E-state index in [9.17, 15) is 4.79 Å². The molecule has 0 spiro atoms. The van der Waals surface area contributed by atoms with Gasteiger partial charge in [-0.3, -0.25) is 4.79 Å². The van der Waals surface area contributed by atoms with Gasteiger partial charge in [-0.15, -0.1) is 0 Å². The molecule has 2 aromatic rings. The Kier molecular flexibility index (Phi) is 5.76. The van der Waals surface area contributed by atoms with Gasteiger partial charge in [0.2, 0.25) is 5.91 Å². The van der Waals surface area contributed by atoms with E-state index in [2.05, 4.69) is 0 Å². The van der Waals surface area contributed by atoms with Crippen molar-refractivity contribution in [1.82, 2.24) is 0 Å². The maximum Gasteiger partial charge on any atom is 0.232 e. The first kappa shape index (κ1) is 18.7. The summed E-state index contributed by atoms with van der Waals surface area (Å²) in [7, 11) is 0. The van der Waals surface area contributed by atoms with Gasteiger partial charge in [0.05, 0.1) is 0 Å². The fourth-order valence-electron chi connectivity index (χ4n) is 2.51. The molecule has 122 valence electrons. The molecule has 2 N–H and O–H groups in total. The number of amides is 1. The van der Waals surface area contributed by atoms with Crippen LogP contribution in [0.5, 0.6) is 0 Å². The highest BCUT2D eigenvalue weighted by atomic mass is 35.6. The number of rotatable bonds is 4. The monoisotopic (exact) mass is 409 g/mol. The van der Waals surface area contributed by atoms with Gasteiger partial charge in [-0.1, -0.05) is 82.3 Å². The summed E-state index contributed by atoms with van der Waals surface area (Å²) in [6.07, 6.45) is -0.122. The number of halogens is 5. The molecule has 0 bridgehead atoms. The molecule has 0 fully saturated rings. The SMILES string of the molecule is NC(=O)C(CC(Cl)(Cl)Cl)(c1ccc(Cl)cc1)c1ccc(Cl)cc1. The predicted octanol–water partition coefficient (Wildman–Crippen LogP) is 5.53. The van der Waals surface area contributed by atoms with Crippen LogP contribution >= 0.6 is 58.0 Å². The number of carbonyl (C=O) groups is 1. The Labute approximate surface area is 159 Å². The first-order valence-corrected chi connectivity index (χ1v) is 8.43. The predicted molar refractivity (Wildman–Crippen MR) is 97.8 cm³/mol. The van der Waals surface area contributed by atoms with E-state index in [0.29, 0.717) is 21.2 Å². The van der Waals surface area contributed by atoms with Crippen molar-refractivity contribution in [1.29, 1.82) is 0 Å². The molecule has 0 atom stereocenters. The lowest BCUT2D eigenvalue weighted by Crippen LogP contribution is -2.45. The Morgan fingerprint density at radius 2 is 1.17 bits per heavy atom. The third-order valence-electron chi connectivity index (χ3n) is 3.56. The van der Waals surface area contributed by atoms with E-state index in [-0.39, 0.29) is 6.42 Å². The standard InChI is InChI=1S/C16H12Cl5NO/c17-12-5-1-10(2-6-12)15(14(22)23,9-16(19,20)21)11-3-7-13(18)8-4-11/h1-8H,9H2,(H2,22,23). The third kappa shape index (κ3) is 4.26. The van der Waals surface area contributed by atoms with Crippen LogP contribution in [0.3, 0.4) is 0 Å². The number of benzene rings is 2. The normalized spacial score (nSPS) is 12.2. The summed E-state index contributed by atoms with van der Waals surface area (Å²) in [5.41, 5.74) is 5.59. The van der Waals surface area contributed by atoms with Crippen LogP contribution in [0.1, 0.15) is 17.5 Å². The van der Waals surface area contributed by atoms with E-state index in [0.717, 1.165) is 0 Å². The van der Waals surface area contributed by atoms with Crippen LogP contribution in [0.4, 0.5) is 0 Å². The summed E-state index contributed by atoms with van der Waals surface area (Å²) >= 11 is 29.8. The number of primary amides is 1. The Morgan fingerprint density at radius 1 is 0.826 bits per heavy atom. The smallest absolute Gasteiger partial charge is 0.232 e. The highest BCUT2D eigenvalue weighted by molar-refractivity contribution is 6.67. The average Bonchev–Trinajstić information content (AvgIpc) is 2.45. The van der Waals surface area contributed by atoms with Crippen molar-refractivity contribution in [2.24, 2.45) is 5.73 Å². The molecule has 0 aliphatic rings. The van der Waals surface area contributed by atoms with Crippen molar-refractivity contribution in [2.45, 2.75) is 15.6 Å². The highest BCUT2D eigenvalue weighted by Gasteiger charge is 2.46. The zero-order valence-corrected chi connectivity index (χ0v) is 15.5. The molecule has 0 unspecified atom stereocenters. The van der Waals surface area contributed by atoms with Gasteiger partial charge in [0.1, 0.15) is 5.41 Å². The zero-order chi connectivity index (χ0) is 17.3. The van der Waals surface area contributed by atoms with Gasteiger partial charge in [-0.25, -0.2) is 0 Å². The molecule has 0 aromatic heterocycles. The summed E-state index contributed by atoms with van der Waals surface area (Å²) in [5.74, 6) is -0.631. The minimum Gasteiger partial charge on any atom is -0.369 e. The maximum atomic E-state index is 12.5. The largest absolute Gasteiger partial charge is 0.369 e. The van der Waals surface area contributed by atoms with E-state index >= 15 is 0 Å². The fourth-order valence-corrected chi connectivity index (χ4v) is 3.37. The Balaban J connectivity index is 2.71. The zero-order valence-electron chi connectivity index (χ0n) is 11.7. The molecule has 0 saturated carbocycles. The second-order valence-corrected chi connectivity index (χ2v) is 8.46. The molecule has 0 heterocycles. The van der Waals surface area contributed by atoms with Gasteiger partial charge in [-0.05, 0) is 35.4 Å². The Hall–Kier alpha value is -0.640. The molecule has 2 nitrogen and oxygen atoms in total. The van der Waals surface area contributed by atoms with Crippen LogP contribution in [-0.2, 0) is 10.2 Å². The lowest BCUT2D eigenvalue weighted by molar-refractivity contribution is -0.122. The minimum atomic E-state index is -1.69. The quantitative estimate of drug-likeness (QED) is 0.661. The van der Waals surface area contributed by atoms with E-state index in [1.54, 1.807) is 48.5 Å². The van der Waals surface area contributed by atoms with Crippen molar-refractivity contribution < 1.29 is 4.79 Å². The van der Waals surface area contributed by atoms with Crippen LogP contribution in [-0.4, -0.2) is 9.70 Å². The van der Waals surface area contributed by atoms with Crippen LogP contribution in [0.15, 0.2) is 48.5 Å². The molecule has 0 saturated heterocycles. The van der Waals surface area contributed by atoms with Crippen LogP contribution < -0.4 is 5.73 Å². The molecule has 2 rings (SSSR count). The van der Waals surface area contributed by atoms with Gasteiger partial charge in [-0.2, -0.15) is 0 Å². The molecular formula is C16H12Cl5NO. The highest BCUT2D eigenvalue weighted by Crippen LogP contribution is 2.45. The molecule has 7 heteroatoms. The first-order chi connectivity index (χ1) is 10.6. The summed E-state index contributed by atoms with van der Waals surface area (Å²) in [5, 5.41) is 1.05. The average molecular weight is 412 g/mol. The van der Waals surface area contributed by atoms with Gasteiger partial charge >= 0.3 is 0 Å². The van der Waals surface area contributed by atoms with E-state index < -0.39 is 15.1 Å². The number of carbonyl (C=O) groups excluding carboxylic acids is 1. The van der Waals surface area contributed by atoms with Crippen molar-refractivity contribution in [3.05, 3.63) is 69.7 Å². The minimum absolute atomic E-state index is 0.122. The molecule has 2 aromatic carbocycles. The third-order valence-corrected chi connectivity index (χ3v) is 4.47. The molecule has 0 radical (unpaired) electrons. The van der Waals surface area contributed by atoms with Gasteiger partial charge in [0.15, 0.2) is 3.79 Å². The van der Waals surface area contributed by atoms with Crippen LogP contribution in [0.25, 0.3) is 0 Å². The van der Waals surface area contributed by atoms with E-state index in [1.807, 2.05) is 0 Å². The van der Waals surface area contributed by atoms with Crippen LogP contribution in [0.2, 0.25) is 10.0 Å². The molecule has 1 amide bonds. The lowest BCUT2D eigenvalue weighted by atomic mass is 9.71. The number of hydrogen-bond donors (Lipinski definition) is 1. The molecule has 23 heavy (non-hydrogen) atoms. The Bertz CT molecular complexity index is 646. The second-order valence-electron chi connectivity index (χ2n) is 5.08. The summed E-state index contributed by atoms with van der Waals surface area (Å²) < 4.78 is -1.69. The number of alkyl halides is 3. The Morgan fingerprint density at radius 3 is 1.43 bits per heavy atom. The van der Waals surface area contributed by atoms with Crippen molar-refractivity contribution in [2.75, 3.05) is 0 Å². The van der Waals surface area contributed by atoms with E-state index in [1.165, 1.54) is 0 Å². The van der Waals surface area contributed by atoms with Crippen molar-refractivity contribution >= 4 is 63.9 Å². The van der Waals surface area contributed by atoms with Gasteiger partial charge < -0.3 is 5.73 Å². The van der Waals surface area contributed by atoms with Gasteiger partial charge in [0, 0.05) is 16.5 Å². The summed E-state index contributed by atoms with van der Waals surface area (Å²) in [4.78, 5) is 12.5. The molecular weight excluding hydrogens is 399 g/mol. The lowest BCUT2D eigenvalue weighted by Gasteiger charge is -2.34. The first-order valence-electron chi connectivity index (χ1n) is 6.54. The van der Waals surface area contributed by atoms with Crippen molar-refractivity contribution in [3.8, 4) is 0 Å². The second kappa shape index (κ2) is 7.08. The van der Waals surface area contributed by atoms with Crippen LogP contribution in [0, 0.1) is 0 Å².